The fraction of sp³-hybridized carbons (Fsp3) is 0.714. The van der Waals surface area contributed by atoms with E-state index < -0.39 is 0 Å². The van der Waals surface area contributed by atoms with Crippen molar-refractivity contribution in [3.05, 3.63) is 0 Å². The summed E-state index contributed by atoms with van der Waals surface area (Å²) < 4.78 is 0. The van der Waals surface area contributed by atoms with Crippen molar-refractivity contribution in [1.82, 2.24) is 4.90 Å². The molecule has 0 unspecified atom stereocenters. The molecule has 0 rings (SSSR count). The molecule has 0 radical (unpaired) electrons. The summed E-state index contributed by atoms with van der Waals surface area (Å²) in [5.74, 6) is 5.41. The Hall–Kier alpha value is -0.520. The van der Waals surface area contributed by atoms with Gasteiger partial charge in [0.05, 0.1) is 0 Å². The lowest BCUT2D eigenvalue weighted by molar-refractivity contribution is 0.350. The van der Waals surface area contributed by atoms with E-state index in [0.29, 0.717) is 0 Å². The first-order chi connectivity index (χ1) is 4.27. The van der Waals surface area contributed by atoms with Crippen LogP contribution >= 0.6 is 0 Å². The molecule has 1 N–H and O–H groups in total. The molecule has 0 saturated heterocycles. The molecular weight excluding hydrogens is 114 g/mol. The summed E-state index contributed by atoms with van der Waals surface area (Å²) in [5.41, 5.74) is 0. The van der Waals surface area contributed by atoms with E-state index in [1.54, 1.807) is 0 Å². The van der Waals surface area contributed by atoms with E-state index in [2.05, 4.69) is 16.7 Å². The van der Waals surface area contributed by atoms with Crippen molar-refractivity contribution in [3.63, 3.8) is 0 Å². The van der Waals surface area contributed by atoms with E-state index in [9.17, 15) is 0 Å². The SMILES string of the molecule is CN(C)CCC#CCO. The van der Waals surface area contributed by atoms with Crippen LogP contribution in [-0.2, 0) is 0 Å². The van der Waals surface area contributed by atoms with E-state index in [-0.39, 0.29) is 6.61 Å². The van der Waals surface area contributed by atoms with E-state index in [0.717, 1.165) is 13.0 Å². The second-order valence-electron chi connectivity index (χ2n) is 2.06. The van der Waals surface area contributed by atoms with E-state index in [4.69, 9.17) is 5.11 Å². The lowest BCUT2D eigenvalue weighted by Gasteiger charge is -2.03. The average Bonchev–Trinajstić information content (AvgIpc) is 1.80. The highest BCUT2D eigenvalue weighted by Gasteiger charge is 1.82. The third-order valence-corrected chi connectivity index (χ3v) is 0.888. The number of aliphatic hydroxyl groups excluding tert-OH is 1. The van der Waals surface area contributed by atoms with Crippen molar-refractivity contribution in [1.29, 1.82) is 0 Å². The summed E-state index contributed by atoms with van der Waals surface area (Å²) in [6.45, 7) is 0.945. The van der Waals surface area contributed by atoms with Gasteiger partial charge >= 0.3 is 0 Å². The van der Waals surface area contributed by atoms with Crippen LogP contribution in [0.25, 0.3) is 0 Å². The van der Waals surface area contributed by atoms with Crippen LogP contribution in [0, 0.1) is 11.8 Å². The third-order valence-electron chi connectivity index (χ3n) is 0.888. The highest BCUT2D eigenvalue weighted by atomic mass is 16.2. The van der Waals surface area contributed by atoms with Gasteiger partial charge in [-0.3, -0.25) is 0 Å². The van der Waals surface area contributed by atoms with Crippen LogP contribution in [0.1, 0.15) is 6.42 Å². The lowest BCUT2D eigenvalue weighted by Crippen LogP contribution is -2.11. The molecular formula is C7H13NO. The minimum Gasteiger partial charge on any atom is -0.384 e. The number of nitrogens with zero attached hydrogens (tertiary/aromatic N) is 1. The van der Waals surface area contributed by atoms with Crippen LogP contribution in [-0.4, -0.2) is 37.3 Å². The maximum atomic E-state index is 8.24. The minimum atomic E-state index is -0.0204. The summed E-state index contributed by atoms with van der Waals surface area (Å²) in [4.78, 5) is 2.06. The fourth-order valence-electron chi connectivity index (χ4n) is 0.424. The first kappa shape index (κ1) is 8.48. The van der Waals surface area contributed by atoms with Gasteiger partial charge in [0.2, 0.25) is 0 Å². The number of aliphatic hydroxyl groups is 1. The summed E-state index contributed by atoms with van der Waals surface area (Å²) in [7, 11) is 4.00. The molecule has 0 atom stereocenters. The van der Waals surface area contributed by atoms with Crippen molar-refractivity contribution in [2.24, 2.45) is 0 Å². The van der Waals surface area contributed by atoms with E-state index in [1.165, 1.54) is 0 Å². The third kappa shape index (κ3) is 7.48. The monoisotopic (exact) mass is 127 g/mol. The Morgan fingerprint density at radius 2 is 2.00 bits per heavy atom. The molecule has 0 spiro atoms. The van der Waals surface area contributed by atoms with Gasteiger partial charge in [0.15, 0.2) is 0 Å². The molecule has 0 aromatic heterocycles. The van der Waals surface area contributed by atoms with Crippen molar-refractivity contribution in [2.75, 3.05) is 27.2 Å². The lowest BCUT2D eigenvalue weighted by atomic mass is 10.4. The van der Waals surface area contributed by atoms with E-state index >= 15 is 0 Å². The standard InChI is InChI=1S/C7H13NO/c1-8(2)6-4-3-5-7-9/h9H,4,6-7H2,1-2H3. The summed E-state index contributed by atoms with van der Waals surface area (Å²) in [6, 6.07) is 0. The second kappa shape index (κ2) is 5.61. The smallest absolute Gasteiger partial charge is 0.104 e. The molecule has 0 saturated carbocycles. The quantitative estimate of drug-likeness (QED) is 0.525. The van der Waals surface area contributed by atoms with Crippen LogP contribution in [0.5, 0.6) is 0 Å². The molecule has 2 nitrogen and oxygen atoms in total. The normalized spacial score (nSPS) is 8.89. The Bertz CT molecular complexity index is 110. The Morgan fingerprint density at radius 3 is 2.44 bits per heavy atom. The molecule has 2 heteroatoms. The Kier molecular flexibility index (Phi) is 5.29. The molecule has 52 valence electrons. The van der Waals surface area contributed by atoms with Gasteiger partial charge in [-0.2, -0.15) is 0 Å². The second-order valence-corrected chi connectivity index (χ2v) is 2.06. The zero-order chi connectivity index (χ0) is 7.11. The van der Waals surface area contributed by atoms with Crippen molar-refractivity contribution in [2.45, 2.75) is 6.42 Å². The van der Waals surface area contributed by atoms with Gasteiger partial charge in [-0.15, -0.1) is 0 Å². The zero-order valence-corrected chi connectivity index (χ0v) is 6.02. The molecule has 0 heterocycles. The predicted octanol–water partition coefficient (Wildman–Crippen LogP) is -0.0662. The average molecular weight is 127 g/mol. The van der Waals surface area contributed by atoms with Crippen molar-refractivity contribution >= 4 is 0 Å². The van der Waals surface area contributed by atoms with Gasteiger partial charge < -0.3 is 10.0 Å². The largest absolute Gasteiger partial charge is 0.384 e. The van der Waals surface area contributed by atoms with Crippen LogP contribution in [0.15, 0.2) is 0 Å². The van der Waals surface area contributed by atoms with Gasteiger partial charge in [-0.25, -0.2) is 0 Å². The van der Waals surface area contributed by atoms with Crippen LogP contribution in [0.2, 0.25) is 0 Å². The maximum Gasteiger partial charge on any atom is 0.104 e. The van der Waals surface area contributed by atoms with Crippen LogP contribution in [0.3, 0.4) is 0 Å². The van der Waals surface area contributed by atoms with Gasteiger partial charge in [0, 0.05) is 13.0 Å². The molecule has 0 amide bonds. The number of hydrogen-bond donors (Lipinski definition) is 1. The predicted molar refractivity (Wildman–Crippen MR) is 38.0 cm³/mol. The molecule has 0 aliphatic carbocycles. The highest BCUT2D eigenvalue weighted by Crippen LogP contribution is 1.78. The summed E-state index contributed by atoms with van der Waals surface area (Å²) in [6.07, 6.45) is 0.841. The summed E-state index contributed by atoms with van der Waals surface area (Å²) >= 11 is 0. The van der Waals surface area contributed by atoms with Crippen LogP contribution in [0.4, 0.5) is 0 Å². The number of rotatable bonds is 2. The number of hydrogen-bond acceptors (Lipinski definition) is 2. The Morgan fingerprint density at radius 1 is 1.33 bits per heavy atom. The van der Waals surface area contributed by atoms with Crippen LogP contribution < -0.4 is 0 Å². The van der Waals surface area contributed by atoms with E-state index in [1.807, 2.05) is 14.1 Å². The van der Waals surface area contributed by atoms with Crippen molar-refractivity contribution < 1.29 is 5.11 Å². The Balaban J connectivity index is 3.09. The first-order valence-corrected chi connectivity index (χ1v) is 2.98. The molecule has 0 aromatic rings. The minimum absolute atomic E-state index is 0.0204. The molecule has 0 aromatic carbocycles. The highest BCUT2D eigenvalue weighted by molar-refractivity contribution is 4.98. The molecule has 0 aliphatic heterocycles. The topological polar surface area (TPSA) is 23.5 Å². The molecule has 0 fully saturated rings. The van der Waals surface area contributed by atoms with Gasteiger partial charge in [0.25, 0.3) is 0 Å². The van der Waals surface area contributed by atoms with Gasteiger partial charge in [-0.05, 0) is 14.1 Å². The Labute approximate surface area is 56.5 Å². The van der Waals surface area contributed by atoms with Crippen molar-refractivity contribution in [3.8, 4) is 11.8 Å². The molecule has 0 bridgehead atoms. The fourth-order valence-corrected chi connectivity index (χ4v) is 0.424. The molecule has 0 aliphatic rings. The van der Waals surface area contributed by atoms with Gasteiger partial charge in [-0.1, -0.05) is 11.8 Å². The zero-order valence-electron chi connectivity index (χ0n) is 6.02. The maximum absolute atomic E-state index is 8.24. The summed E-state index contributed by atoms with van der Waals surface area (Å²) in [5, 5.41) is 8.24. The van der Waals surface area contributed by atoms with Gasteiger partial charge in [0.1, 0.15) is 6.61 Å². The molecule has 9 heavy (non-hydrogen) atoms. The first-order valence-electron chi connectivity index (χ1n) is 2.98.